The highest BCUT2D eigenvalue weighted by molar-refractivity contribution is 5.97. The van der Waals surface area contributed by atoms with Crippen LogP contribution in [0.4, 0.5) is 13.2 Å². The Bertz CT molecular complexity index is 1030. The van der Waals surface area contributed by atoms with E-state index in [9.17, 15) is 22.8 Å². The van der Waals surface area contributed by atoms with Crippen LogP contribution in [0.25, 0.3) is 11.1 Å². The number of hydrogen-bond donors (Lipinski definition) is 2. The second kappa shape index (κ2) is 8.82. The molecule has 0 fully saturated rings. The third-order valence-electron chi connectivity index (χ3n) is 4.60. The molecular weight excluding hydrogens is 393 g/mol. The molecule has 3 aromatic carbocycles. The number of carbonyl (C=O) groups excluding carboxylic acids is 2. The predicted octanol–water partition coefficient (Wildman–Crippen LogP) is 4.20. The molecule has 7 heteroatoms. The quantitative estimate of drug-likeness (QED) is 0.637. The predicted molar refractivity (Wildman–Crippen MR) is 107 cm³/mol. The van der Waals surface area contributed by atoms with Gasteiger partial charge in [0.2, 0.25) is 5.91 Å². The van der Waals surface area contributed by atoms with Crippen molar-refractivity contribution in [1.82, 2.24) is 5.32 Å². The molecule has 0 aliphatic carbocycles. The third-order valence-corrected chi connectivity index (χ3v) is 4.60. The molecule has 0 saturated heterocycles. The Morgan fingerprint density at radius 2 is 1.50 bits per heavy atom. The number of nitrogens with one attached hydrogen (secondary N) is 1. The number of primary amides is 1. The molecule has 0 spiro atoms. The summed E-state index contributed by atoms with van der Waals surface area (Å²) in [7, 11) is 0. The molecule has 3 rings (SSSR count). The molecule has 0 aliphatic heterocycles. The van der Waals surface area contributed by atoms with Crippen molar-refractivity contribution in [2.45, 2.75) is 18.6 Å². The van der Waals surface area contributed by atoms with Gasteiger partial charge in [-0.1, -0.05) is 60.7 Å². The van der Waals surface area contributed by atoms with E-state index in [1.54, 1.807) is 24.3 Å². The van der Waals surface area contributed by atoms with Gasteiger partial charge < -0.3 is 11.1 Å². The van der Waals surface area contributed by atoms with E-state index < -0.39 is 29.6 Å². The Morgan fingerprint density at radius 1 is 0.867 bits per heavy atom. The number of rotatable bonds is 6. The lowest BCUT2D eigenvalue weighted by atomic mass is 10.0. The maximum Gasteiger partial charge on any atom is 0.416 e. The van der Waals surface area contributed by atoms with E-state index in [1.807, 2.05) is 30.3 Å². The second-order valence-electron chi connectivity index (χ2n) is 6.77. The van der Waals surface area contributed by atoms with E-state index in [0.29, 0.717) is 5.56 Å². The first-order valence-electron chi connectivity index (χ1n) is 9.16. The van der Waals surface area contributed by atoms with Crippen molar-refractivity contribution in [2.75, 3.05) is 0 Å². The standard InChI is InChI=1S/C23H19F3N2O2/c24-23(25,26)19-8-4-5-15(13-19)14-20(21(27)29)28-22(30)18-11-9-17(10-12-18)16-6-2-1-3-7-16/h1-13,20H,14H2,(H2,27,29)(H,28,30)/t20-/m1/s1. The van der Waals surface area contributed by atoms with Gasteiger partial charge in [0.15, 0.2) is 0 Å². The minimum absolute atomic E-state index is 0.146. The molecule has 2 amide bonds. The van der Waals surface area contributed by atoms with Crippen LogP contribution in [-0.4, -0.2) is 17.9 Å². The number of amides is 2. The van der Waals surface area contributed by atoms with Crippen molar-refractivity contribution in [2.24, 2.45) is 5.73 Å². The fraction of sp³-hybridized carbons (Fsp3) is 0.130. The molecule has 0 aliphatic rings. The topological polar surface area (TPSA) is 72.2 Å². The van der Waals surface area contributed by atoms with Crippen LogP contribution >= 0.6 is 0 Å². The number of alkyl halides is 3. The van der Waals surface area contributed by atoms with Gasteiger partial charge in [0.1, 0.15) is 6.04 Å². The first-order chi connectivity index (χ1) is 14.2. The van der Waals surface area contributed by atoms with Crippen LogP contribution in [0.2, 0.25) is 0 Å². The van der Waals surface area contributed by atoms with Gasteiger partial charge in [-0.25, -0.2) is 0 Å². The van der Waals surface area contributed by atoms with Crippen LogP contribution in [-0.2, 0) is 17.4 Å². The van der Waals surface area contributed by atoms with E-state index in [4.69, 9.17) is 5.73 Å². The van der Waals surface area contributed by atoms with Crippen molar-refractivity contribution >= 4 is 11.8 Å². The van der Waals surface area contributed by atoms with Gasteiger partial charge in [0.05, 0.1) is 5.56 Å². The molecule has 154 valence electrons. The summed E-state index contributed by atoms with van der Waals surface area (Å²) in [5.41, 5.74) is 6.99. The molecule has 4 nitrogen and oxygen atoms in total. The fourth-order valence-corrected chi connectivity index (χ4v) is 3.02. The Hall–Kier alpha value is -3.61. The molecule has 0 aromatic heterocycles. The van der Waals surface area contributed by atoms with E-state index in [2.05, 4.69) is 5.32 Å². The largest absolute Gasteiger partial charge is 0.416 e. The first-order valence-corrected chi connectivity index (χ1v) is 9.16. The molecule has 3 aromatic rings. The average molecular weight is 412 g/mol. The lowest BCUT2D eigenvalue weighted by Gasteiger charge is -2.17. The number of halogens is 3. The van der Waals surface area contributed by atoms with Crippen LogP contribution in [0.15, 0.2) is 78.9 Å². The molecule has 0 bridgehead atoms. The highest BCUT2D eigenvalue weighted by atomic mass is 19.4. The molecule has 0 unspecified atom stereocenters. The minimum Gasteiger partial charge on any atom is -0.368 e. The molecular formula is C23H19F3N2O2. The summed E-state index contributed by atoms with van der Waals surface area (Å²) in [5.74, 6) is -1.37. The zero-order valence-electron chi connectivity index (χ0n) is 15.8. The van der Waals surface area contributed by atoms with Crippen molar-refractivity contribution in [1.29, 1.82) is 0 Å². The van der Waals surface area contributed by atoms with Gasteiger partial charge in [-0.2, -0.15) is 13.2 Å². The number of carbonyl (C=O) groups is 2. The van der Waals surface area contributed by atoms with Crippen LogP contribution in [0.1, 0.15) is 21.5 Å². The van der Waals surface area contributed by atoms with Crippen molar-refractivity contribution < 1.29 is 22.8 Å². The van der Waals surface area contributed by atoms with Crippen LogP contribution in [0, 0.1) is 0 Å². The first kappa shape index (κ1) is 21.1. The van der Waals surface area contributed by atoms with Crippen LogP contribution in [0.5, 0.6) is 0 Å². The maximum atomic E-state index is 12.9. The summed E-state index contributed by atoms with van der Waals surface area (Å²) in [5, 5.41) is 2.50. The summed E-state index contributed by atoms with van der Waals surface area (Å²) in [6, 6.07) is 19.8. The van der Waals surface area contributed by atoms with E-state index >= 15 is 0 Å². The Balaban J connectivity index is 1.72. The van der Waals surface area contributed by atoms with Crippen molar-refractivity contribution in [3.05, 3.63) is 95.6 Å². The maximum absolute atomic E-state index is 12.9. The van der Waals surface area contributed by atoms with Crippen molar-refractivity contribution in [3.8, 4) is 11.1 Å². The average Bonchev–Trinajstić information content (AvgIpc) is 2.73. The highest BCUT2D eigenvalue weighted by Crippen LogP contribution is 2.29. The van der Waals surface area contributed by atoms with Gasteiger partial charge in [0.25, 0.3) is 5.91 Å². The lowest BCUT2D eigenvalue weighted by Crippen LogP contribution is -2.45. The van der Waals surface area contributed by atoms with E-state index in [-0.39, 0.29) is 12.0 Å². The SMILES string of the molecule is NC(=O)[C@@H](Cc1cccc(C(F)(F)F)c1)NC(=O)c1ccc(-c2ccccc2)cc1. The zero-order valence-corrected chi connectivity index (χ0v) is 15.8. The number of hydrogen-bond acceptors (Lipinski definition) is 2. The van der Waals surface area contributed by atoms with Gasteiger partial charge in [-0.05, 0) is 34.9 Å². The van der Waals surface area contributed by atoms with E-state index in [0.717, 1.165) is 23.3 Å². The molecule has 0 saturated carbocycles. The third kappa shape index (κ3) is 5.26. The van der Waals surface area contributed by atoms with E-state index in [1.165, 1.54) is 12.1 Å². The summed E-state index contributed by atoms with van der Waals surface area (Å²) in [6.07, 6.45) is -4.64. The van der Waals surface area contributed by atoms with Gasteiger partial charge in [-0.15, -0.1) is 0 Å². The number of nitrogens with two attached hydrogens (primary N) is 1. The molecule has 3 N–H and O–H groups in total. The second-order valence-corrected chi connectivity index (χ2v) is 6.77. The Morgan fingerprint density at radius 3 is 2.10 bits per heavy atom. The number of benzene rings is 3. The van der Waals surface area contributed by atoms with Gasteiger partial charge in [-0.3, -0.25) is 9.59 Å². The zero-order chi connectivity index (χ0) is 21.7. The normalized spacial score (nSPS) is 12.2. The fourth-order valence-electron chi connectivity index (χ4n) is 3.02. The summed E-state index contributed by atoms with van der Waals surface area (Å²) < 4.78 is 38.7. The van der Waals surface area contributed by atoms with Crippen LogP contribution < -0.4 is 11.1 Å². The Labute approximate surface area is 171 Å². The molecule has 1 atom stereocenters. The molecule has 30 heavy (non-hydrogen) atoms. The Kier molecular flexibility index (Phi) is 6.20. The van der Waals surface area contributed by atoms with Gasteiger partial charge in [0, 0.05) is 12.0 Å². The smallest absolute Gasteiger partial charge is 0.368 e. The molecule has 0 heterocycles. The monoisotopic (exact) mass is 412 g/mol. The summed E-state index contributed by atoms with van der Waals surface area (Å²) in [4.78, 5) is 24.3. The van der Waals surface area contributed by atoms with Crippen LogP contribution in [0.3, 0.4) is 0 Å². The minimum atomic E-state index is -4.50. The summed E-state index contributed by atoms with van der Waals surface area (Å²) >= 11 is 0. The lowest BCUT2D eigenvalue weighted by molar-refractivity contribution is -0.137. The summed E-state index contributed by atoms with van der Waals surface area (Å²) in [6.45, 7) is 0. The highest BCUT2D eigenvalue weighted by Gasteiger charge is 2.30. The van der Waals surface area contributed by atoms with Crippen molar-refractivity contribution in [3.63, 3.8) is 0 Å². The molecule has 0 radical (unpaired) electrons. The van der Waals surface area contributed by atoms with Gasteiger partial charge >= 0.3 is 6.18 Å².